The van der Waals surface area contributed by atoms with Gasteiger partial charge >= 0.3 is 0 Å². The van der Waals surface area contributed by atoms with Crippen LogP contribution in [0, 0.1) is 0 Å². The van der Waals surface area contributed by atoms with Crippen LogP contribution >= 0.6 is 0 Å². The number of hydrogen-bond acceptors (Lipinski definition) is 5. The van der Waals surface area contributed by atoms with Crippen LogP contribution in [0.2, 0.25) is 0 Å². The van der Waals surface area contributed by atoms with Crippen LogP contribution in [0.4, 0.5) is 5.82 Å². The van der Waals surface area contributed by atoms with Crippen molar-refractivity contribution in [3.63, 3.8) is 0 Å². The number of piperazine rings is 1. The van der Waals surface area contributed by atoms with Crippen LogP contribution in [0.15, 0.2) is 67.0 Å². The third-order valence-corrected chi connectivity index (χ3v) is 6.50. The average Bonchev–Trinajstić information content (AvgIpc) is 3.61. The van der Waals surface area contributed by atoms with Crippen molar-refractivity contribution < 1.29 is 4.74 Å². The second kappa shape index (κ2) is 8.28. The van der Waals surface area contributed by atoms with Crippen molar-refractivity contribution in [3.8, 4) is 17.0 Å². The summed E-state index contributed by atoms with van der Waals surface area (Å²) >= 11 is 0. The van der Waals surface area contributed by atoms with Crippen molar-refractivity contribution in [1.29, 1.82) is 0 Å². The molecule has 0 atom stereocenters. The number of fused-ring (bicyclic) bond motifs is 1. The lowest BCUT2D eigenvalue weighted by Gasteiger charge is -2.35. The zero-order chi connectivity index (χ0) is 21.3. The Bertz CT molecular complexity index is 1190. The number of aromatic nitrogens is 3. The summed E-state index contributed by atoms with van der Waals surface area (Å²) in [6.07, 6.45) is 4.41. The van der Waals surface area contributed by atoms with Gasteiger partial charge < -0.3 is 14.6 Å². The Labute approximate surface area is 187 Å². The number of nitrogens with one attached hydrogen (secondary N) is 1. The summed E-state index contributed by atoms with van der Waals surface area (Å²) in [5, 5.41) is 1.09. The molecule has 1 saturated heterocycles. The van der Waals surface area contributed by atoms with E-state index in [2.05, 4.69) is 55.1 Å². The molecule has 1 saturated carbocycles. The van der Waals surface area contributed by atoms with Gasteiger partial charge in [-0.2, -0.15) is 0 Å². The summed E-state index contributed by atoms with van der Waals surface area (Å²) in [4.78, 5) is 17.6. The second-order valence-corrected chi connectivity index (χ2v) is 8.70. The van der Waals surface area contributed by atoms with Crippen LogP contribution in [0.5, 0.6) is 5.75 Å². The smallest absolute Gasteiger partial charge is 0.143 e. The van der Waals surface area contributed by atoms with Gasteiger partial charge in [-0.15, -0.1) is 0 Å². The summed E-state index contributed by atoms with van der Waals surface area (Å²) < 4.78 is 5.93. The molecule has 1 N–H and O–H groups in total. The van der Waals surface area contributed by atoms with E-state index in [0.717, 1.165) is 71.6 Å². The first-order chi connectivity index (χ1) is 15.8. The number of hydrogen-bond donors (Lipinski definition) is 1. The van der Waals surface area contributed by atoms with Gasteiger partial charge in [-0.25, -0.2) is 9.97 Å². The van der Waals surface area contributed by atoms with Crippen LogP contribution in [0.25, 0.3) is 22.3 Å². The molecule has 32 heavy (non-hydrogen) atoms. The maximum Gasteiger partial charge on any atom is 0.143 e. The fourth-order valence-corrected chi connectivity index (χ4v) is 4.54. The van der Waals surface area contributed by atoms with Gasteiger partial charge in [-0.3, -0.25) is 4.90 Å². The van der Waals surface area contributed by atoms with Gasteiger partial charge in [-0.05, 0) is 54.3 Å². The lowest BCUT2D eigenvalue weighted by Crippen LogP contribution is -2.47. The quantitative estimate of drug-likeness (QED) is 0.493. The molecule has 0 unspecified atom stereocenters. The molecule has 4 aromatic rings. The van der Waals surface area contributed by atoms with Gasteiger partial charge in [0.05, 0.1) is 5.39 Å². The predicted molar refractivity (Wildman–Crippen MR) is 127 cm³/mol. The third-order valence-electron chi connectivity index (χ3n) is 6.50. The Morgan fingerprint density at radius 3 is 2.44 bits per heavy atom. The molecule has 0 amide bonds. The monoisotopic (exact) mass is 425 g/mol. The summed E-state index contributed by atoms with van der Waals surface area (Å²) in [7, 11) is 0. The van der Waals surface area contributed by atoms with Crippen molar-refractivity contribution in [3.05, 3.63) is 72.6 Å². The van der Waals surface area contributed by atoms with Gasteiger partial charge in [-0.1, -0.05) is 30.3 Å². The highest BCUT2D eigenvalue weighted by atomic mass is 16.5. The number of ether oxygens (including phenoxy) is 1. The first-order valence-corrected chi connectivity index (χ1v) is 11.4. The van der Waals surface area contributed by atoms with Crippen LogP contribution in [-0.2, 0) is 6.61 Å². The topological polar surface area (TPSA) is 57.3 Å². The molecule has 162 valence electrons. The van der Waals surface area contributed by atoms with E-state index in [4.69, 9.17) is 4.74 Å². The van der Waals surface area contributed by atoms with E-state index in [-0.39, 0.29) is 0 Å². The molecule has 2 aromatic heterocycles. The van der Waals surface area contributed by atoms with Gasteiger partial charge in [0, 0.05) is 37.9 Å². The first kappa shape index (κ1) is 19.3. The minimum Gasteiger partial charge on any atom is -0.489 e. The number of nitrogens with zero attached hydrogens (tertiary/aromatic N) is 4. The molecule has 0 radical (unpaired) electrons. The zero-order valence-electron chi connectivity index (χ0n) is 18.1. The molecule has 6 nitrogen and oxygen atoms in total. The lowest BCUT2D eigenvalue weighted by atomic mass is 10.1. The van der Waals surface area contributed by atoms with E-state index in [9.17, 15) is 0 Å². The predicted octanol–water partition coefficient (Wildman–Crippen LogP) is 4.49. The highest BCUT2D eigenvalue weighted by molar-refractivity contribution is 5.92. The van der Waals surface area contributed by atoms with Crippen LogP contribution in [-0.4, -0.2) is 52.1 Å². The Morgan fingerprint density at radius 2 is 1.69 bits per heavy atom. The molecule has 2 aliphatic rings. The van der Waals surface area contributed by atoms with E-state index in [0.29, 0.717) is 6.61 Å². The van der Waals surface area contributed by atoms with Crippen molar-refractivity contribution in [2.24, 2.45) is 0 Å². The first-order valence-electron chi connectivity index (χ1n) is 11.4. The van der Waals surface area contributed by atoms with Crippen LogP contribution in [0.1, 0.15) is 18.4 Å². The maximum absolute atomic E-state index is 5.93. The Morgan fingerprint density at radius 1 is 0.906 bits per heavy atom. The number of anilines is 1. The lowest BCUT2D eigenvalue weighted by molar-refractivity contribution is 0.248. The number of H-pyrrole nitrogens is 1. The van der Waals surface area contributed by atoms with E-state index in [1.165, 1.54) is 12.8 Å². The third kappa shape index (κ3) is 3.94. The van der Waals surface area contributed by atoms with Crippen molar-refractivity contribution in [1.82, 2.24) is 19.9 Å². The Balaban J connectivity index is 1.19. The molecule has 0 spiro atoms. The van der Waals surface area contributed by atoms with E-state index >= 15 is 0 Å². The summed E-state index contributed by atoms with van der Waals surface area (Å²) in [6.45, 7) is 4.86. The number of aromatic amines is 1. The summed E-state index contributed by atoms with van der Waals surface area (Å²) in [5.74, 6) is 1.90. The van der Waals surface area contributed by atoms with Gasteiger partial charge in [0.2, 0.25) is 0 Å². The average molecular weight is 426 g/mol. The molecule has 0 bridgehead atoms. The fourth-order valence-electron chi connectivity index (χ4n) is 4.54. The highest BCUT2D eigenvalue weighted by Gasteiger charge is 2.31. The Kier molecular flexibility index (Phi) is 5.00. The van der Waals surface area contributed by atoms with Crippen LogP contribution < -0.4 is 9.64 Å². The normalized spacial score (nSPS) is 17.1. The summed E-state index contributed by atoms with van der Waals surface area (Å²) in [5.41, 5.74) is 4.21. The standard InChI is InChI=1S/C26H27N5O/c1-2-4-19(5-3-1)17-32-22-10-6-20(7-11-22)24-16-23-25(29-24)27-18-28-26(23)31-14-12-30(13-15-31)21-8-9-21/h1-7,10-11,16,18,21H,8-9,12-15,17H2,(H,27,28,29). The molecule has 2 fully saturated rings. The van der Waals surface area contributed by atoms with Gasteiger partial charge in [0.1, 0.15) is 30.1 Å². The largest absolute Gasteiger partial charge is 0.489 e. The number of benzene rings is 2. The summed E-state index contributed by atoms with van der Waals surface area (Å²) in [6, 6.07) is 21.5. The van der Waals surface area contributed by atoms with E-state index in [1.807, 2.05) is 30.3 Å². The van der Waals surface area contributed by atoms with Gasteiger partial charge in [0.15, 0.2) is 0 Å². The number of rotatable bonds is 6. The van der Waals surface area contributed by atoms with Crippen molar-refractivity contribution in [2.75, 3.05) is 31.1 Å². The molecule has 6 heteroatoms. The highest BCUT2D eigenvalue weighted by Crippen LogP contribution is 2.32. The molecular formula is C26H27N5O. The Hall–Kier alpha value is -3.38. The van der Waals surface area contributed by atoms with Crippen molar-refractivity contribution in [2.45, 2.75) is 25.5 Å². The van der Waals surface area contributed by atoms with Crippen LogP contribution in [0.3, 0.4) is 0 Å². The molecule has 1 aliphatic carbocycles. The van der Waals surface area contributed by atoms with E-state index in [1.54, 1.807) is 6.33 Å². The zero-order valence-corrected chi connectivity index (χ0v) is 18.1. The molecule has 6 rings (SSSR count). The minimum atomic E-state index is 0.569. The molecular weight excluding hydrogens is 398 g/mol. The second-order valence-electron chi connectivity index (χ2n) is 8.70. The van der Waals surface area contributed by atoms with Gasteiger partial charge in [0.25, 0.3) is 0 Å². The minimum absolute atomic E-state index is 0.569. The van der Waals surface area contributed by atoms with Crippen molar-refractivity contribution >= 4 is 16.9 Å². The van der Waals surface area contributed by atoms with E-state index < -0.39 is 0 Å². The fraction of sp³-hybridized carbons (Fsp3) is 0.308. The molecule has 1 aliphatic heterocycles. The maximum atomic E-state index is 5.93. The SMILES string of the molecule is c1ccc(COc2ccc(-c3cc4c(N5CCN(C6CC6)CC5)ncnc4[nH]3)cc2)cc1. The molecule has 3 heterocycles. The molecule has 2 aromatic carbocycles.